The molecule has 2 N–H and O–H groups in total. The van der Waals surface area contributed by atoms with Crippen LogP contribution in [-0.4, -0.2) is 41.1 Å². The Morgan fingerprint density at radius 2 is 2.16 bits per heavy atom. The summed E-state index contributed by atoms with van der Waals surface area (Å²) in [4.78, 5) is 36.9. The van der Waals surface area contributed by atoms with Gasteiger partial charge in [0.1, 0.15) is 5.82 Å². The molecule has 0 saturated heterocycles. The van der Waals surface area contributed by atoms with Gasteiger partial charge in [-0.25, -0.2) is 4.39 Å². The lowest BCUT2D eigenvalue weighted by Crippen LogP contribution is -2.28. The smallest absolute Gasteiger partial charge is 0.253 e. The summed E-state index contributed by atoms with van der Waals surface area (Å²) < 4.78 is 14.2. The third-order valence-corrected chi connectivity index (χ3v) is 5.32. The second-order valence-corrected chi connectivity index (χ2v) is 7.35. The van der Waals surface area contributed by atoms with E-state index in [4.69, 9.17) is 4.84 Å². The van der Waals surface area contributed by atoms with Crippen LogP contribution < -0.4 is 10.9 Å². The number of hydroxylamine groups is 2. The Hall–Kier alpha value is -3.36. The second-order valence-electron chi connectivity index (χ2n) is 7.35. The Balaban J connectivity index is 1.46. The van der Waals surface area contributed by atoms with E-state index in [-0.39, 0.29) is 17.7 Å². The van der Waals surface area contributed by atoms with Gasteiger partial charge in [0.2, 0.25) is 0 Å². The number of pyridine rings is 2. The van der Waals surface area contributed by atoms with Gasteiger partial charge in [0.05, 0.1) is 29.7 Å². The number of benzene rings is 1. The van der Waals surface area contributed by atoms with Crippen molar-refractivity contribution in [3.63, 3.8) is 0 Å². The van der Waals surface area contributed by atoms with Crippen molar-refractivity contribution < 1.29 is 14.0 Å². The quantitative estimate of drug-likeness (QED) is 0.660. The summed E-state index contributed by atoms with van der Waals surface area (Å²) in [6.45, 7) is 3.23. The Labute approximate surface area is 178 Å². The summed E-state index contributed by atoms with van der Waals surface area (Å²) in [5.41, 5.74) is 4.52. The van der Waals surface area contributed by atoms with Crippen molar-refractivity contribution in [1.29, 1.82) is 0 Å². The van der Waals surface area contributed by atoms with Crippen LogP contribution in [0.2, 0.25) is 0 Å². The molecule has 1 amide bonds. The van der Waals surface area contributed by atoms with E-state index in [1.165, 1.54) is 19.2 Å². The first kappa shape index (κ1) is 20.9. The lowest BCUT2D eigenvalue weighted by Gasteiger charge is -2.26. The van der Waals surface area contributed by atoms with Crippen molar-refractivity contribution in [2.45, 2.75) is 19.9 Å². The van der Waals surface area contributed by atoms with Gasteiger partial charge in [0.25, 0.3) is 11.5 Å². The van der Waals surface area contributed by atoms with E-state index in [1.54, 1.807) is 17.3 Å². The number of rotatable bonds is 5. The molecular weight excluding hydrogens is 399 g/mol. The van der Waals surface area contributed by atoms with Crippen LogP contribution in [0.15, 0.2) is 47.4 Å². The Morgan fingerprint density at radius 3 is 2.84 bits per heavy atom. The van der Waals surface area contributed by atoms with E-state index in [1.807, 2.05) is 25.1 Å². The van der Waals surface area contributed by atoms with E-state index >= 15 is 0 Å². The molecule has 0 spiro atoms. The van der Waals surface area contributed by atoms with Crippen molar-refractivity contribution in [2.75, 3.05) is 20.2 Å². The van der Waals surface area contributed by atoms with Crippen molar-refractivity contribution in [3.05, 3.63) is 81.0 Å². The second kappa shape index (κ2) is 8.79. The number of carbonyl (C=O) groups excluding carboxylic acids is 1. The van der Waals surface area contributed by atoms with Gasteiger partial charge in [-0.2, -0.15) is 5.06 Å². The zero-order valence-corrected chi connectivity index (χ0v) is 17.4. The number of H-pyrrole nitrogens is 1. The molecule has 3 aromatic rings. The number of nitrogens with one attached hydrogen (secondary N) is 2. The number of amides is 1. The van der Waals surface area contributed by atoms with E-state index < -0.39 is 11.7 Å². The highest BCUT2D eigenvalue weighted by atomic mass is 19.1. The molecule has 160 valence electrons. The molecule has 2 aromatic heterocycles. The van der Waals surface area contributed by atoms with Crippen LogP contribution in [0.5, 0.6) is 0 Å². The molecule has 0 saturated carbocycles. The maximum atomic E-state index is 14.2. The molecule has 0 radical (unpaired) electrons. The average molecular weight is 422 g/mol. The van der Waals surface area contributed by atoms with Crippen molar-refractivity contribution in [1.82, 2.24) is 20.3 Å². The molecule has 3 heterocycles. The molecule has 1 aliphatic heterocycles. The van der Waals surface area contributed by atoms with Crippen molar-refractivity contribution in [2.24, 2.45) is 0 Å². The van der Waals surface area contributed by atoms with Crippen LogP contribution in [0.3, 0.4) is 0 Å². The topological polar surface area (TPSA) is 87.3 Å². The number of aromatic nitrogens is 2. The number of aromatic amines is 1. The molecule has 0 aliphatic carbocycles. The minimum absolute atomic E-state index is 0.0121. The van der Waals surface area contributed by atoms with Gasteiger partial charge in [0.15, 0.2) is 0 Å². The largest absolute Gasteiger partial charge is 0.355 e. The number of aryl methyl sites for hydroxylation is 1. The number of hydrogen-bond acceptors (Lipinski definition) is 5. The minimum atomic E-state index is -0.567. The molecule has 1 aliphatic rings. The predicted octanol–water partition coefficient (Wildman–Crippen LogP) is 2.82. The van der Waals surface area contributed by atoms with Gasteiger partial charge in [-0.05, 0) is 47.4 Å². The summed E-state index contributed by atoms with van der Waals surface area (Å²) in [5, 5.41) is 4.20. The van der Waals surface area contributed by atoms with E-state index in [0.29, 0.717) is 36.2 Å². The lowest BCUT2D eigenvalue weighted by molar-refractivity contribution is -0.150. The van der Waals surface area contributed by atoms with Crippen LogP contribution in [0.25, 0.3) is 16.6 Å². The van der Waals surface area contributed by atoms with E-state index in [2.05, 4.69) is 15.3 Å². The summed E-state index contributed by atoms with van der Waals surface area (Å²) in [5.74, 6) is -1.03. The van der Waals surface area contributed by atoms with Crippen LogP contribution in [0.4, 0.5) is 4.39 Å². The molecule has 8 heteroatoms. The Kier molecular flexibility index (Phi) is 5.92. The Morgan fingerprint density at radius 1 is 1.32 bits per heavy atom. The highest BCUT2D eigenvalue weighted by Crippen LogP contribution is 2.23. The van der Waals surface area contributed by atoms with Gasteiger partial charge in [-0.15, -0.1) is 0 Å². The first-order valence-electron chi connectivity index (χ1n) is 10.1. The molecule has 1 aromatic carbocycles. The van der Waals surface area contributed by atoms with Gasteiger partial charge >= 0.3 is 0 Å². The average Bonchev–Trinajstić information content (AvgIpc) is 2.78. The predicted molar refractivity (Wildman–Crippen MR) is 116 cm³/mol. The first-order valence-corrected chi connectivity index (χ1v) is 10.1. The summed E-state index contributed by atoms with van der Waals surface area (Å²) in [6.07, 6.45) is 4.40. The van der Waals surface area contributed by atoms with Gasteiger partial charge in [-0.3, -0.25) is 19.4 Å². The summed E-state index contributed by atoms with van der Waals surface area (Å²) >= 11 is 0. The molecule has 31 heavy (non-hydrogen) atoms. The fourth-order valence-electron chi connectivity index (χ4n) is 3.55. The zero-order valence-electron chi connectivity index (χ0n) is 17.4. The van der Waals surface area contributed by atoms with Gasteiger partial charge in [-0.1, -0.05) is 19.1 Å². The number of nitrogens with zero attached hydrogens (tertiary/aromatic N) is 2. The zero-order chi connectivity index (χ0) is 22.0. The maximum Gasteiger partial charge on any atom is 0.253 e. The van der Waals surface area contributed by atoms with Crippen LogP contribution in [0, 0.1) is 5.82 Å². The highest BCUT2D eigenvalue weighted by molar-refractivity contribution is 5.94. The number of hydrogen-bond donors (Lipinski definition) is 2. The number of halogens is 1. The summed E-state index contributed by atoms with van der Waals surface area (Å²) in [7, 11) is 1.47. The first-order chi connectivity index (χ1) is 15.0. The van der Waals surface area contributed by atoms with Gasteiger partial charge < -0.3 is 10.3 Å². The molecule has 0 atom stereocenters. The van der Waals surface area contributed by atoms with Crippen LogP contribution in [-0.2, 0) is 17.8 Å². The monoisotopic (exact) mass is 422 g/mol. The maximum absolute atomic E-state index is 14.2. The molecule has 4 rings (SSSR count). The molecule has 0 bridgehead atoms. The normalized spacial score (nSPS) is 14.5. The number of carbonyl (C=O) groups is 1. The Bertz CT molecular complexity index is 1240. The third-order valence-electron chi connectivity index (χ3n) is 5.32. The van der Waals surface area contributed by atoms with Crippen LogP contribution in [0.1, 0.15) is 34.0 Å². The molecule has 0 unspecified atom stereocenters. The van der Waals surface area contributed by atoms with E-state index in [0.717, 1.165) is 16.7 Å². The van der Waals surface area contributed by atoms with Crippen molar-refractivity contribution in [3.8, 4) is 0 Å². The minimum Gasteiger partial charge on any atom is -0.355 e. The summed E-state index contributed by atoms with van der Waals surface area (Å²) in [6, 6.07) is 8.26. The molecule has 7 nitrogen and oxygen atoms in total. The SMILES string of the molecule is CCc1cc2ncc(CN3CC=C(c4ccc(C(=O)NC)c(F)c4)CO3)cc2[nH]c1=O. The third kappa shape index (κ3) is 4.40. The van der Waals surface area contributed by atoms with Gasteiger partial charge in [0, 0.05) is 25.4 Å². The van der Waals surface area contributed by atoms with E-state index in [9.17, 15) is 14.0 Å². The fourth-order valence-corrected chi connectivity index (χ4v) is 3.55. The van der Waals surface area contributed by atoms with Crippen molar-refractivity contribution >= 4 is 22.5 Å². The lowest BCUT2D eigenvalue weighted by atomic mass is 10.0. The molecule has 0 fully saturated rings. The molecular formula is C23H23FN4O3. The standard InChI is InChI=1S/C23H23FN4O3/c1-3-15-10-20-21(27-22(15)29)8-14(11-26-20)12-28-7-6-17(13-31-28)16-4-5-18(19(24)9-16)23(30)25-2/h4-6,8-11H,3,7,12-13H2,1-2H3,(H,25,30)(H,27,29). The highest BCUT2D eigenvalue weighted by Gasteiger charge is 2.17. The fraction of sp³-hybridized carbons (Fsp3) is 0.261. The van der Waals surface area contributed by atoms with Crippen LogP contribution >= 0.6 is 0 Å². The number of fused-ring (bicyclic) bond motifs is 1.